The van der Waals surface area contributed by atoms with Gasteiger partial charge >= 0.3 is 24.4 Å². The molecule has 0 saturated carbocycles. The number of methoxy groups -OCH3 is 2. The first-order valence-corrected chi connectivity index (χ1v) is 17.9. The van der Waals surface area contributed by atoms with Crippen LogP contribution in [0.1, 0.15) is 22.3 Å². The Bertz CT molecular complexity index is 1720. The second-order valence-electron chi connectivity index (χ2n) is 12.9. The summed E-state index contributed by atoms with van der Waals surface area (Å²) in [7, 11) is 3.04. The van der Waals surface area contributed by atoms with Gasteiger partial charge in [0.05, 0.1) is 31.8 Å². The number of aliphatic hydroxyl groups is 2. The van der Waals surface area contributed by atoms with Crippen molar-refractivity contribution < 1.29 is 57.8 Å². The van der Waals surface area contributed by atoms with Crippen LogP contribution in [0.4, 0.5) is 41.9 Å². The zero-order chi connectivity index (χ0) is 40.9. The van der Waals surface area contributed by atoms with Crippen molar-refractivity contribution in [2.45, 2.75) is 12.8 Å². The third-order valence-corrected chi connectivity index (χ3v) is 8.35. The number of amides is 4. The Balaban J connectivity index is 1.17. The predicted molar refractivity (Wildman–Crippen MR) is 212 cm³/mol. The van der Waals surface area contributed by atoms with Crippen molar-refractivity contribution in [1.29, 1.82) is 0 Å². The van der Waals surface area contributed by atoms with Crippen molar-refractivity contribution >= 4 is 47.1 Å². The average molecular weight is 789 g/mol. The van der Waals surface area contributed by atoms with Crippen LogP contribution in [0.3, 0.4) is 0 Å². The summed E-state index contributed by atoms with van der Waals surface area (Å²) in [6.45, 7) is -1.19. The third kappa shape index (κ3) is 15.5. The Morgan fingerprint density at radius 3 is 0.947 bits per heavy atom. The summed E-state index contributed by atoms with van der Waals surface area (Å²) in [5.41, 5.74) is 4.58. The zero-order valence-electron chi connectivity index (χ0n) is 31.8. The van der Waals surface area contributed by atoms with Gasteiger partial charge < -0.3 is 38.6 Å². The molecule has 57 heavy (non-hydrogen) atoms. The zero-order valence-corrected chi connectivity index (χ0v) is 31.8. The quantitative estimate of drug-likeness (QED) is 0.0448. The number of benzene rings is 4. The van der Waals surface area contributed by atoms with E-state index in [1.165, 1.54) is 14.2 Å². The molecule has 4 aromatic carbocycles. The van der Waals surface area contributed by atoms with Crippen LogP contribution in [0.2, 0.25) is 0 Å². The summed E-state index contributed by atoms with van der Waals surface area (Å²) in [5.74, 6) is 0. The molecule has 4 rings (SSSR count). The van der Waals surface area contributed by atoms with Gasteiger partial charge in [0.2, 0.25) is 0 Å². The van der Waals surface area contributed by atoms with Gasteiger partial charge in [-0.25, -0.2) is 19.2 Å². The van der Waals surface area contributed by atoms with E-state index in [1.54, 1.807) is 48.5 Å². The van der Waals surface area contributed by atoms with E-state index in [4.69, 9.17) is 28.4 Å². The first-order valence-electron chi connectivity index (χ1n) is 17.9. The number of hydrogen-bond donors (Lipinski definition) is 6. The molecular formula is C41H48N4O12. The Labute approximate surface area is 330 Å². The van der Waals surface area contributed by atoms with Crippen LogP contribution < -0.4 is 21.3 Å². The maximum Gasteiger partial charge on any atom is 0.411 e. The van der Waals surface area contributed by atoms with Crippen LogP contribution in [-0.2, 0) is 41.3 Å². The molecule has 0 fully saturated rings. The van der Waals surface area contributed by atoms with Gasteiger partial charge in [-0.1, -0.05) is 48.5 Å². The first kappa shape index (κ1) is 43.5. The number of rotatable bonds is 20. The Kier molecular flexibility index (Phi) is 17.6. The van der Waals surface area contributed by atoms with E-state index < -0.39 is 56.2 Å². The van der Waals surface area contributed by atoms with Crippen molar-refractivity contribution in [3.8, 4) is 0 Å². The maximum atomic E-state index is 12.6. The molecule has 0 aromatic heterocycles. The molecule has 0 unspecified atom stereocenters. The van der Waals surface area contributed by atoms with Crippen molar-refractivity contribution in [1.82, 2.24) is 0 Å². The molecule has 304 valence electrons. The number of nitrogens with one attached hydrogen (secondary N) is 4. The fraction of sp³-hybridized carbons (Fsp3) is 0.317. The van der Waals surface area contributed by atoms with Gasteiger partial charge in [-0.05, 0) is 83.6 Å². The number of anilines is 4. The highest BCUT2D eigenvalue weighted by Crippen LogP contribution is 2.21. The summed E-state index contributed by atoms with van der Waals surface area (Å²) in [6, 6.07) is 28.8. The summed E-state index contributed by atoms with van der Waals surface area (Å²) >= 11 is 0. The number of carbonyl (C=O) groups excluding carboxylic acids is 4. The van der Waals surface area contributed by atoms with E-state index in [-0.39, 0.29) is 13.2 Å². The molecule has 0 bridgehead atoms. The number of carbonyl (C=O) groups is 4. The highest BCUT2D eigenvalue weighted by atomic mass is 16.6. The van der Waals surface area contributed by atoms with Gasteiger partial charge in [0.15, 0.2) is 0 Å². The summed E-state index contributed by atoms with van der Waals surface area (Å²) in [5, 5.41) is 30.6. The molecule has 16 nitrogen and oxygen atoms in total. The second-order valence-corrected chi connectivity index (χ2v) is 12.9. The van der Waals surface area contributed by atoms with Gasteiger partial charge in [-0.15, -0.1) is 0 Å². The highest BCUT2D eigenvalue weighted by Gasteiger charge is 2.33. The largest absolute Gasteiger partial charge is 0.448 e. The Morgan fingerprint density at radius 2 is 0.702 bits per heavy atom. The summed E-state index contributed by atoms with van der Waals surface area (Å²) in [4.78, 5) is 48.8. The fourth-order valence-corrected chi connectivity index (χ4v) is 5.06. The monoisotopic (exact) mass is 788 g/mol. The van der Waals surface area contributed by atoms with Crippen molar-refractivity contribution in [2.75, 3.05) is 88.3 Å². The summed E-state index contributed by atoms with van der Waals surface area (Å²) < 4.78 is 30.3. The molecule has 0 aliphatic rings. The standard InChI is InChI=1S/C41H48N4O12/c1-52-19-21-54-37(48)42-33-11-3-29(4-12-33)23-31-7-15-35(16-8-31)44-39(50)56-27-41(25-46,26-47)28-57-40(51)45-36-17-9-32(10-18-36)24-30-5-13-34(14-6-30)43-38(49)55-22-20-53-2/h3-18,46-47H,19-28H2,1-2H3,(H,42,48)(H,43,49)(H,44,50)(H,45,51). The van der Waals surface area contributed by atoms with Crippen LogP contribution in [0.15, 0.2) is 97.1 Å². The Hall–Kier alpha value is -6.20. The molecule has 4 aromatic rings. The smallest absolute Gasteiger partial charge is 0.411 e. The Morgan fingerprint density at radius 1 is 0.439 bits per heavy atom. The third-order valence-electron chi connectivity index (χ3n) is 8.35. The van der Waals surface area contributed by atoms with Gasteiger partial charge in [0.25, 0.3) is 0 Å². The van der Waals surface area contributed by atoms with E-state index in [1.807, 2.05) is 48.5 Å². The van der Waals surface area contributed by atoms with Gasteiger partial charge in [-0.3, -0.25) is 21.3 Å². The molecule has 0 aliphatic heterocycles. The lowest BCUT2D eigenvalue weighted by Crippen LogP contribution is -2.42. The van der Waals surface area contributed by atoms with Crippen LogP contribution in [0.5, 0.6) is 0 Å². The second kappa shape index (κ2) is 23.0. The van der Waals surface area contributed by atoms with Gasteiger partial charge in [0, 0.05) is 37.0 Å². The van der Waals surface area contributed by atoms with E-state index in [0.717, 1.165) is 22.3 Å². The molecule has 0 heterocycles. The van der Waals surface area contributed by atoms with Crippen LogP contribution in [0.25, 0.3) is 0 Å². The molecule has 0 aliphatic carbocycles. The molecule has 16 heteroatoms. The molecule has 0 spiro atoms. The minimum atomic E-state index is -1.45. The van der Waals surface area contributed by atoms with Crippen molar-refractivity contribution in [3.63, 3.8) is 0 Å². The normalized spacial score (nSPS) is 10.9. The number of aliphatic hydroxyl groups excluding tert-OH is 2. The number of hydrogen-bond acceptors (Lipinski definition) is 12. The first-order chi connectivity index (χ1) is 27.6. The van der Waals surface area contributed by atoms with E-state index in [2.05, 4.69) is 21.3 Å². The molecule has 0 atom stereocenters. The minimum absolute atomic E-state index is 0.155. The topological polar surface area (TPSA) is 212 Å². The lowest BCUT2D eigenvalue weighted by atomic mass is 9.92. The SMILES string of the molecule is COCCOC(=O)Nc1ccc(Cc2ccc(NC(=O)OCC(CO)(CO)COC(=O)Nc3ccc(Cc4ccc(NC(=O)OCCOC)cc4)cc3)cc2)cc1. The van der Waals surface area contributed by atoms with Crippen LogP contribution in [-0.4, -0.2) is 102 Å². The van der Waals surface area contributed by atoms with Gasteiger partial charge in [-0.2, -0.15) is 0 Å². The van der Waals surface area contributed by atoms with Crippen molar-refractivity contribution in [2.24, 2.45) is 5.41 Å². The van der Waals surface area contributed by atoms with Crippen LogP contribution in [0, 0.1) is 5.41 Å². The minimum Gasteiger partial charge on any atom is -0.448 e. The van der Waals surface area contributed by atoms with Crippen LogP contribution >= 0.6 is 0 Å². The summed E-state index contributed by atoms with van der Waals surface area (Å²) in [6.07, 6.45) is -1.58. The van der Waals surface area contributed by atoms with E-state index in [0.29, 0.717) is 48.8 Å². The van der Waals surface area contributed by atoms with Crippen molar-refractivity contribution in [3.05, 3.63) is 119 Å². The predicted octanol–water partition coefficient (Wildman–Crippen LogP) is 6.03. The maximum absolute atomic E-state index is 12.6. The average Bonchev–Trinajstić information content (AvgIpc) is 3.21. The molecule has 0 saturated heterocycles. The molecular weight excluding hydrogens is 740 g/mol. The highest BCUT2D eigenvalue weighted by molar-refractivity contribution is 5.86. The lowest BCUT2D eigenvalue weighted by molar-refractivity contribution is -0.0378. The van der Waals surface area contributed by atoms with Gasteiger partial charge in [0.1, 0.15) is 26.4 Å². The van der Waals surface area contributed by atoms with E-state index >= 15 is 0 Å². The number of ether oxygens (including phenoxy) is 6. The molecule has 4 amide bonds. The fourth-order valence-electron chi connectivity index (χ4n) is 5.06. The lowest BCUT2D eigenvalue weighted by Gasteiger charge is -2.28. The van der Waals surface area contributed by atoms with E-state index in [9.17, 15) is 29.4 Å². The molecule has 0 radical (unpaired) electrons. The molecule has 6 N–H and O–H groups in total.